The van der Waals surface area contributed by atoms with Crippen LogP contribution in [0.4, 0.5) is 0 Å². The topological polar surface area (TPSA) is 55.5 Å². The summed E-state index contributed by atoms with van der Waals surface area (Å²) in [5.74, 6) is 0.783. The molecule has 1 aliphatic rings. The molecule has 0 spiro atoms. The second-order valence-corrected chi connectivity index (χ2v) is 5.89. The van der Waals surface area contributed by atoms with Gasteiger partial charge in [-0.2, -0.15) is 0 Å². The molecule has 0 heterocycles. The quantitative estimate of drug-likeness (QED) is 0.901. The Balaban J connectivity index is 2.18. The van der Waals surface area contributed by atoms with Crippen molar-refractivity contribution in [1.82, 2.24) is 0 Å². The number of aliphatic hydroxyl groups excluding tert-OH is 1. The number of hydrogen-bond acceptors (Lipinski definition) is 3. The van der Waals surface area contributed by atoms with E-state index in [2.05, 4.69) is 15.9 Å². The normalized spacial score (nSPS) is 25.8. The molecule has 0 amide bonds. The van der Waals surface area contributed by atoms with E-state index in [1.807, 2.05) is 25.1 Å². The van der Waals surface area contributed by atoms with Gasteiger partial charge in [-0.05, 0) is 38.3 Å². The smallest absolute Gasteiger partial charge is 0.125 e. The predicted molar refractivity (Wildman–Crippen MR) is 75.6 cm³/mol. The van der Waals surface area contributed by atoms with E-state index >= 15 is 0 Å². The van der Waals surface area contributed by atoms with Gasteiger partial charge >= 0.3 is 0 Å². The Morgan fingerprint density at radius 1 is 1.39 bits per heavy atom. The second-order valence-electron chi connectivity index (χ2n) is 4.98. The monoisotopic (exact) mass is 313 g/mol. The fourth-order valence-electron chi connectivity index (χ4n) is 2.36. The zero-order valence-corrected chi connectivity index (χ0v) is 12.2. The summed E-state index contributed by atoms with van der Waals surface area (Å²) >= 11 is 3.44. The molecular formula is C14H20BrNO2. The van der Waals surface area contributed by atoms with Gasteiger partial charge in [-0.1, -0.05) is 28.4 Å². The van der Waals surface area contributed by atoms with Crippen molar-refractivity contribution in [2.24, 2.45) is 5.73 Å². The van der Waals surface area contributed by atoms with E-state index in [1.54, 1.807) is 0 Å². The molecule has 2 unspecified atom stereocenters. The molecule has 1 aliphatic carbocycles. The molecular weight excluding hydrogens is 294 g/mol. The highest BCUT2D eigenvalue weighted by molar-refractivity contribution is 9.10. The summed E-state index contributed by atoms with van der Waals surface area (Å²) in [6, 6.07) is 5.79. The molecule has 2 rings (SSSR count). The highest BCUT2D eigenvalue weighted by atomic mass is 79.9. The van der Waals surface area contributed by atoms with Gasteiger partial charge in [0.15, 0.2) is 0 Å². The van der Waals surface area contributed by atoms with Crippen molar-refractivity contribution in [1.29, 1.82) is 0 Å². The Kier molecular flexibility index (Phi) is 4.65. The summed E-state index contributed by atoms with van der Waals surface area (Å²) in [5.41, 5.74) is 6.93. The van der Waals surface area contributed by atoms with E-state index < -0.39 is 0 Å². The first kappa shape index (κ1) is 13.8. The number of hydrogen-bond donors (Lipinski definition) is 2. The van der Waals surface area contributed by atoms with Crippen LogP contribution < -0.4 is 10.5 Å². The molecule has 4 heteroatoms. The number of nitrogens with two attached hydrogens (primary N) is 1. The second kappa shape index (κ2) is 6.04. The molecule has 3 atom stereocenters. The van der Waals surface area contributed by atoms with Crippen LogP contribution in [-0.2, 0) is 0 Å². The summed E-state index contributed by atoms with van der Waals surface area (Å²) in [6.07, 6.45) is 3.46. The Morgan fingerprint density at radius 2 is 2.11 bits per heavy atom. The summed E-state index contributed by atoms with van der Waals surface area (Å²) in [6.45, 7) is 1.94. The maximum atomic E-state index is 9.96. The Hall–Kier alpha value is -0.580. The van der Waals surface area contributed by atoms with Crippen molar-refractivity contribution in [3.8, 4) is 5.75 Å². The average molecular weight is 314 g/mol. The van der Waals surface area contributed by atoms with Crippen LogP contribution in [-0.4, -0.2) is 17.3 Å². The third-order valence-electron chi connectivity index (χ3n) is 3.41. The number of aliphatic hydroxyl groups is 1. The van der Waals surface area contributed by atoms with Crippen LogP contribution in [0.25, 0.3) is 0 Å². The van der Waals surface area contributed by atoms with E-state index in [0.29, 0.717) is 0 Å². The van der Waals surface area contributed by atoms with Crippen LogP contribution in [0.15, 0.2) is 22.7 Å². The number of rotatable bonds is 3. The van der Waals surface area contributed by atoms with Gasteiger partial charge in [0.25, 0.3) is 0 Å². The van der Waals surface area contributed by atoms with Crippen LogP contribution in [0, 0.1) is 0 Å². The molecule has 0 bridgehead atoms. The summed E-state index contributed by atoms with van der Waals surface area (Å²) < 4.78 is 6.95. The van der Waals surface area contributed by atoms with Crippen LogP contribution in [0.2, 0.25) is 0 Å². The van der Waals surface area contributed by atoms with Gasteiger partial charge in [-0.25, -0.2) is 0 Å². The first-order valence-electron chi connectivity index (χ1n) is 6.47. The zero-order valence-electron chi connectivity index (χ0n) is 10.6. The average Bonchev–Trinajstić information content (AvgIpc) is 2.32. The highest BCUT2D eigenvalue weighted by Gasteiger charge is 2.25. The van der Waals surface area contributed by atoms with E-state index in [0.717, 1.165) is 41.5 Å². The fourth-order valence-corrected chi connectivity index (χ4v) is 2.70. The lowest BCUT2D eigenvalue weighted by Gasteiger charge is -2.29. The van der Waals surface area contributed by atoms with E-state index in [-0.39, 0.29) is 18.2 Å². The van der Waals surface area contributed by atoms with E-state index in [1.165, 1.54) is 0 Å². The molecule has 1 saturated carbocycles. The molecule has 100 valence electrons. The lowest BCUT2D eigenvalue weighted by atomic mass is 9.94. The maximum Gasteiger partial charge on any atom is 0.125 e. The molecule has 18 heavy (non-hydrogen) atoms. The third-order valence-corrected chi connectivity index (χ3v) is 3.91. The summed E-state index contributed by atoms with van der Waals surface area (Å²) in [4.78, 5) is 0. The lowest BCUT2D eigenvalue weighted by Crippen LogP contribution is -2.35. The van der Waals surface area contributed by atoms with Gasteiger partial charge in [0.1, 0.15) is 11.9 Å². The first-order valence-corrected chi connectivity index (χ1v) is 7.27. The molecule has 1 aromatic rings. The summed E-state index contributed by atoms with van der Waals surface area (Å²) in [5, 5.41) is 9.96. The van der Waals surface area contributed by atoms with E-state index in [9.17, 15) is 5.11 Å². The molecule has 1 fully saturated rings. The van der Waals surface area contributed by atoms with Gasteiger partial charge in [0.05, 0.1) is 6.10 Å². The molecule has 1 aromatic carbocycles. The Morgan fingerprint density at radius 3 is 2.78 bits per heavy atom. The first-order chi connectivity index (χ1) is 8.58. The minimum Gasteiger partial charge on any atom is -0.487 e. The highest BCUT2D eigenvalue weighted by Crippen LogP contribution is 2.31. The minimum atomic E-state index is -0.362. The maximum absolute atomic E-state index is 9.96. The van der Waals surface area contributed by atoms with Crippen molar-refractivity contribution in [2.45, 2.75) is 50.9 Å². The molecule has 3 N–H and O–H groups in total. The number of halogens is 1. The van der Waals surface area contributed by atoms with Crippen molar-refractivity contribution < 1.29 is 9.84 Å². The molecule has 0 radical (unpaired) electrons. The fraction of sp³-hybridized carbons (Fsp3) is 0.571. The van der Waals surface area contributed by atoms with Crippen LogP contribution in [0.3, 0.4) is 0 Å². The predicted octanol–water partition coefficient (Wildman–Crippen LogP) is 3.15. The lowest BCUT2D eigenvalue weighted by molar-refractivity contribution is 0.00624. The van der Waals surface area contributed by atoms with Crippen LogP contribution in [0.5, 0.6) is 5.75 Å². The van der Waals surface area contributed by atoms with E-state index in [4.69, 9.17) is 10.5 Å². The van der Waals surface area contributed by atoms with Gasteiger partial charge < -0.3 is 15.6 Å². The Bertz CT molecular complexity index is 409. The number of benzene rings is 1. The van der Waals surface area contributed by atoms with Gasteiger partial charge in [-0.3, -0.25) is 0 Å². The summed E-state index contributed by atoms with van der Waals surface area (Å²) in [7, 11) is 0. The van der Waals surface area contributed by atoms with Crippen molar-refractivity contribution in [3.05, 3.63) is 28.2 Å². The van der Waals surface area contributed by atoms with Crippen LogP contribution >= 0.6 is 15.9 Å². The van der Waals surface area contributed by atoms with Crippen molar-refractivity contribution >= 4 is 15.9 Å². The van der Waals surface area contributed by atoms with Crippen molar-refractivity contribution in [3.63, 3.8) is 0 Å². The zero-order chi connectivity index (χ0) is 13.1. The van der Waals surface area contributed by atoms with Crippen molar-refractivity contribution in [2.75, 3.05) is 0 Å². The van der Waals surface area contributed by atoms with Gasteiger partial charge in [-0.15, -0.1) is 0 Å². The molecule has 0 aromatic heterocycles. The van der Waals surface area contributed by atoms with Gasteiger partial charge in [0.2, 0.25) is 0 Å². The minimum absolute atomic E-state index is 0.0752. The van der Waals surface area contributed by atoms with Crippen LogP contribution in [0.1, 0.15) is 44.2 Å². The molecule has 3 nitrogen and oxygen atoms in total. The number of ether oxygens (including phenoxy) is 1. The van der Waals surface area contributed by atoms with Gasteiger partial charge in [0, 0.05) is 16.1 Å². The third kappa shape index (κ3) is 3.25. The standard InChI is InChI=1S/C14H20BrNO2/c1-9(16)11-7-6-10(15)8-14(11)18-13-5-3-2-4-12(13)17/h6-9,12-13,17H,2-5,16H2,1H3/t9-,12?,13?/m0/s1. The Labute approximate surface area is 116 Å². The SMILES string of the molecule is C[C@H](N)c1ccc(Br)cc1OC1CCCCC1O. The largest absolute Gasteiger partial charge is 0.487 e. The molecule has 0 aliphatic heterocycles. The molecule has 0 saturated heterocycles.